The predicted molar refractivity (Wildman–Crippen MR) is 126 cm³/mol. The summed E-state index contributed by atoms with van der Waals surface area (Å²) in [6.07, 6.45) is 0. The number of aliphatic hydroxyl groups is 1. The quantitative estimate of drug-likeness (QED) is 0.440. The minimum Gasteiger partial charge on any atom is -0.462 e. The highest BCUT2D eigenvalue weighted by atomic mass is 79.9. The molecular weight excluding hydrogens is 507 g/mol. The maximum Gasteiger partial charge on any atom is 0.308 e. The van der Waals surface area contributed by atoms with Crippen LogP contribution in [0.4, 0.5) is 0 Å². The average molecular weight is 534 g/mol. The summed E-state index contributed by atoms with van der Waals surface area (Å²) in [4.78, 5) is 23.4. The number of esters is 2. The van der Waals surface area contributed by atoms with E-state index < -0.39 is 17.5 Å². The molecule has 8 heteroatoms. The maximum absolute atomic E-state index is 11.7. The molecule has 0 spiro atoms. The Kier molecular flexibility index (Phi) is 11.6. The second kappa shape index (κ2) is 13.1. The van der Waals surface area contributed by atoms with Gasteiger partial charge in [0, 0.05) is 15.1 Å². The van der Waals surface area contributed by atoms with Gasteiger partial charge in [-0.15, -0.1) is 0 Å². The van der Waals surface area contributed by atoms with E-state index in [1.165, 1.54) is 0 Å². The van der Waals surface area contributed by atoms with Crippen molar-refractivity contribution >= 4 is 51.1 Å². The topological polar surface area (TPSA) is 72.8 Å². The van der Waals surface area contributed by atoms with Crippen molar-refractivity contribution in [2.24, 2.45) is 11.8 Å². The van der Waals surface area contributed by atoms with E-state index in [9.17, 15) is 14.7 Å². The molecular formula is C23H27BrCl2O5. The summed E-state index contributed by atoms with van der Waals surface area (Å²) in [5.41, 5.74) is -1.36. The first kappa shape index (κ1) is 27.4. The molecule has 0 aliphatic heterocycles. The highest BCUT2D eigenvalue weighted by Gasteiger charge is 2.35. The number of hydrogen-bond acceptors (Lipinski definition) is 5. The molecule has 170 valence electrons. The standard InChI is InChI=1S/C17H23ClO5.C6H4BrCl/c1-11(2)15(19)22-9-17(21,10-23-16(20)12(3)4)13-7-5-6-8-14(13)18;7-5-3-1-2-4-6(5)8/h5-8,11-12,21H,9-10H2,1-4H3;1-4H. The third-order valence-electron chi connectivity index (χ3n) is 4.05. The fraction of sp³-hybridized carbons (Fsp3) is 0.391. The van der Waals surface area contributed by atoms with Gasteiger partial charge >= 0.3 is 11.9 Å². The predicted octanol–water partition coefficient (Wildman–Crippen LogP) is 6.03. The van der Waals surface area contributed by atoms with E-state index in [1.807, 2.05) is 24.3 Å². The second-order valence-corrected chi connectivity index (χ2v) is 9.12. The average Bonchev–Trinajstić information content (AvgIpc) is 2.73. The molecule has 2 aromatic rings. The molecule has 0 radical (unpaired) electrons. The van der Waals surface area contributed by atoms with Crippen LogP contribution < -0.4 is 0 Å². The molecule has 0 bridgehead atoms. The molecule has 5 nitrogen and oxygen atoms in total. The van der Waals surface area contributed by atoms with Gasteiger partial charge in [-0.05, 0) is 34.1 Å². The van der Waals surface area contributed by atoms with E-state index in [4.69, 9.17) is 32.7 Å². The molecule has 0 atom stereocenters. The Bertz CT molecular complexity index is 826. The van der Waals surface area contributed by atoms with Crippen LogP contribution in [-0.2, 0) is 24.7 Å². The van der Waals surface area contributed by atoms with E-state index in [2.05, 4.69) is 15.9 Å². The molecule has 0 aliphatic carbocycles. The van der Waals surface area contributed by atoms with Crippen LogP contribution in [0.3, 0.4) is 0 Å². The van der Waals surface area contributed by atoms with Gasteiger partial charge in [0.15, 0.2) is 5.60 Å². The Hall–Kier alpha value is -1.60. The van der Waals surface area contributed by atoms with Crippen molar-refractivity contribution in [3.63, 3.8) is 0 Å². The van der Waals surface area contributed by atoms with Gasteiger partial charge in [-0.2, -0.15) is 0 Å². The summed E-state index contributed by atoms with van der Waals surface area (Å²) >= 11 is 15.0. The molecule has 31 heavy (non-hydrogen) atoms. The molecule has 2 aromatic carbocycles. The first-order chi connectivity index (χ1) is 14.5. The number of carbonyl (C=O) groups is 2. The Balaban J connectivity index is 0.000000500. The van der Waals surface area contributed by atoms with Crippen molar-refractivity contribution in [2.45, 2.75) is 33.3 Å². The Labute approximate surface area is 201 Å². The summed E-state index contributed by atoms with van der Waals surface area (Å²) in [7, 11) is 0. The van der Waals surface area contributed by atoms with Crippen molar-refractivity contribution in [1.82, 2.24) is 0 Å². The normalized spacial score (nSPS) is 11.0. The van der Waals surface area contributed by atoms with Gasteiger partial charge in [-0.25, -0.2) is 0 Å². The SMILES string of the molecule is CC(C)C(=O)OCC(O)(COC(=O)C(C)C)c1ccccc1Cl.Clc1ccccc1Br. The van der Waals surface area contributed by atoms with Gasteiger partial charge in [-0.1, -0.05) is 81.2 Å². The van der Waals surface area contributed by atoms with Crippen LogP contribution in [-0.4, -0.2) is 30.3 Å². The van der Waals surface area contributed by atoms with Crippen molar-refractivity contribution in [3.05, 3.63) is 68.6 Å². The monoisotopic (exact) mass is 532 g/mol. The van der Waals surface area contributed by atoms with E-state index in [-0.39, 0.29) is 25.0 Å². The van der Waals surface area contributed by atoms with Crippen molar-refractivity contribution in [2.75, 3.05) is 13.2 Å². The molecule has 0 saturated heterocycles. The number of rotatable bonds is 7. The van der Waals surface area contributed by atoms with Crippen molar-refractivity contribution in [1.29, 1.82) is 0 Å². The lowest BCUT2D eigenvalue weighted by atomic mass is 9.95. The lowest BCUT2D eigenvalue weighted by Gasteiger charge is -2.29. The third-order valence-corrected chi connectivity index (χ3v) is 5.63. The van der Waals surface area contributed by atoms with Crippen LogP contribution >= 0.6 is 39.1 Å². The second-order valence-electron chi connectivity index (χ2n) is 7.45. The molecule has 0 fully saturated rings. The van der Waals surface area contributed by atoms with Gasteiger partial charge in [-0.3, -0.25) is 9.59 Å². The van der Waals surface area contributed by atoms with Crippen LogP contribution in [0.5, 0.6) is 0 Å². The van der Waals surface area contributed by atoms with Gasteiger partial charge in [0.2, 0.25) is 0 Å². The Morgan fingerprint density at radius 3 is 1.65 bits per heavy atom. The number of ether oxygens (including phenoxy) is 2. The van der Waals surface area contributed by atoms with E-state index in [0.29, 0.717) is 10.6 Å². The molecule has 0 aromatic heterocycles. The molecule has 2 rings (SSSR count). The Morgan fingerprint density at radius 2 is 1.29 bits per heavy atom. The van der Waals surface area contributed by atoms with E-state index in [0.717, 1.165) is 9.50 Å². The van der Waals surface area contributed by atoms with Gasteiger partial charge in [0.25, 0.3) is 0 Å². The minimum absolute atomic E-state index is 0.302. The molecule has 0 saturated carbocycles. The smallest absolute Gasteiger partial charge is 0.308 e. The molecule has 0 heterocycles. The number of halogens is 3. The molecule has 0 unspecified atom stereocenters. The lowest BCUT2D eigenvalue weighted by molar-refractivity contribution is -0.168. The first-order valence-corrected chi connectivity index (χ1v) is 11.2. The maximum atomic E-state index is 11.7. The van der Waals surface area contributed by atoms with Crippen LogP contribution in [0.15, 0.2) is 53.0 Å². The van der Waals surface area contributed by atoms with Crippen LogP contribution in [0, 0.1) is 11.8 Å². The number of hydrogen-bond donors (Lipinski definition) is 1. The van der Waals surface area contributed by atoms with Gasteiger partial charge in [0.1, 0.15) is 13.2 Å². The molecule has 1 N–H and O–H groups in total. The highest BCUT2D eigenvalue weighted by Crippen LogP contribution is 2.29. The molecule has 0 amide bonds. The molecule has 0 aliphatic rings. The first-order valence-electron chi connectivity index (χ1n) is 9.68. The van der Waals surface area contributed by atoms with Crippen LogP contribution in [0.25, 0.3) is 0 Å². The highest BCUT2D eigenvalue weighted by molar-refractivity contribution is 9.10. The number of benzene rings is 2. The fourth-order valence-electron chi connectivity index (χ4n) is 2.19. The minimum atomic E-state index is -1.70. The van der Waals surface area contributed by atoms with Crippen molar-refractivity contribution in [3.8, 4) is 0 Å². The van der Waals surface area contributed by atoms with Gasteiger partial charge in [0.05, 0.1) is 16.9 Å². The zero-order valence-corrected chi connectivity index (χ0v) is 21.0. The third kappa shape index (κ3) is 9.19. The zero-order chi connectivity index (χ0) is 23.6. The van der Waals surface area contributed by atoms with E-state index >= 15 is 0 Å². The summed E-state index contributed by atoms with van der Waals surface area (Å²) < 4.78 is 11.2. The lowest BCUT2D eigenvalue weighted by Crippen LogP contribution is -2.39. The largest absolute Gasteiger partial charge is 0.462 e. The van der Waals surface area contributed by atoms with Crippen molar-refractivity contribution < 1.29 is 24.2 Å². The van der Waals surface area contributed by atoms with Crippen LogP contribution in [0.2, 0.25) is 10.0 Å². The Morgan fingerprint density at radius 1 is 0.871 bits per heavy atom. The van der Waals surface area contributed by atoms with E-state index in [1.54, 1.807) is 52.0 Å². The summed E-state index contributed by atoms with van der Waals surface area (Å²) in [6.45, 7) is 6.06. The fourth-order valence-corrected chi connectivity index (χ4v) is 2.92. The summed E-state index contributed by atoms with van der Waals surface area (Å²) in [5, 5.41) is 11.9. The van der Waals surface area contributed by atoms with Gasteiger partial charge < -0.3 is 14.6 Å². The number of carbonyl (C=O) groups excluding carboxylic acids is 2. The van der Waals surface area contributed by atoms with Crippen LogP contribution in [0.1, 0.15) is 33.3 Å². The summed E-state index contributed by atoms with van der Waals surface area (Å²) in [5.74, 6) is -1.57. The zero-order valence-electron chi connectivity index (χ0n) is 17.9. The summed E-state index contributed by atoms with van der Waals surface area (Å²) in [6, 6.07) is 14.2.